The molecule has 4 aliphatic rings. The monoisotopic (exact) mass is 385 g/mol. The maximum absolute atomic E-state index is 5.93. The Labute approximate surface area is 164 Å². The summed E-state index contributed by atoms with van der Waals surface area (Å²) in [4.78, 5) is 13.5. The van der Waals surface area contributed by atoms with E-state index in [4.69, 9.17) is 14.5 Å². The molecule has 0 aromatic rings. The zero-order valence-electron chi connectivity index (χ0n) is 15.0. The first-order chi connectivity index (χ1) is 11.6. The molecule has 25 heavy (non-hydrogen) atoms. The van der Waals surface area contributed by atoms with Crippen molar-refractivity contribution in [1.82, 2.24) is 4.90 Å². The van der Waals surface area contributed by atoms with Crippen molar-refractivity contribution < 1.29 is 31.6 Å². The van der Waals surface area contributed by atoms with Crippen LogP contribution in [-0.2, 0) is 31.6 Å². The van der Waals surface area contributed by atoms with E-state index in [0.29, 0.717) is 6.61 Å². The van der Waals surface area contributed by atoms with Crippen LogP contribution in [0.15, 0.2) is 0 Å². The smallest absolute Gasteiger partial charge is 0.344 e. The van der Waals surface area contributed by atoms with Crippen LogP contribution in [0.5, 0.6) is 0 Å². The van der Waals surface area contributed by atoms with Gasteiger partial charge in [0.05, 0.1) is 6.61 Å². The fraction of sp³-hybridized carbons (Fsp3) is 0.500. The van der Waals surface area contributed by atoms with E-state index < -0.39 is 5.79 Å². The molecular formula is C20H27FeNO3+2. The van der Waals surface area contributed by atoms with Gasteiger partial charge in [0.15, 0.2) is 0 Å². The van der Waals surface area contributed by atoms with Gasteiger partial charge >= 0.3 is 17.1 Å². The van der Waals surface area contributed by atoms with Crippen molar-refractivity contribution >= 4 is 0 Å². The normalized spacial score (nSPS) is 29.0. The van der Waals surface area contributed by atoms with Crippen LogP contribution in [0.2, 0.25) is 0 Å². The van der Waals surface area contributed by atoms with Gasteiger partial charge in [0.25, 0.3) is 0 Å². The third kappa shape index (κ3) is 6.79. The Balaban J connectivity index is 0.000000325. The number of piperidine rings is 1. The molecule has 0 unspecified atom stereocenters. The van der Waals surface area contributed by atoms with Crippen LogP contribution < -0.4 is 0 Å². The van der Waals surface area contributed by atoms with Crippen LogP contribution in [0.1, 0.15) is 26.7 Å². The summed E-state index contributed by atoms with van der Waals surface area (Å²) in [5.74, 6) is 0.858. The molecule has 2 aliphatic heterocycles. The number of hydrogen-bond acceptors (Lipinski definition) is 4. The Morgan fingerprint density at radius 1 is 0.880 bits per heavy atom. The molecular weight excluding hydrogens is 358 g/mol. The van der Waals surface area contributed by atoms with Crippen molar-refractivity contribution in [1.29, 1.82) is 0 Å². The van der Waals surface area contributed by atoms with Crippen molar-refractivity contribution in [2.24, 2.45) is 0 Å². The van der Waals surface area contributed by atoms with Gasteiger partial charge in [-0.15, -0.1) is 0 Å². The molecule has 2 aliphatic carbocycles. The summed E-state index contributed by atoms with van der Waals surface area (Å²) in [6.45, 7) is 7.52. The minimum Gasteiger partial charge on any atom is -0.344 e. The van der Waals surface area contributed by atoms with Gasteiger partial charge in [-0.1, -0.05) is 0 Å². The van der Waals surface area contributed by atoms with Gasteiger partial charge in [-0.25, -0.2) is 9.78 Å². The molecule has 4 fully saturated rings. The Morgan fingerprint density at radius 2 is 1.44 bits per heavy atom. The van der Waals surface area contributed by atoms with E-state index in [0.717, 1.165) is 32.5 Å². The molecule has 0 bridgehead atoms. The van der Waals surface area contributed by atoms with E-state index in [2.05, 4.69) is 30.6 Å². The van der Waals surface area contributed by atoms with E-state index in [1.54, 1.807) is 0 Å². The van der Waals surface area contributed by atoms with Crippen LogP contribution in [0, 0.1) is 63.7 Å². The van der Waals surface area contributed by atoms with Crippen molar-refractivity contribution in [2.75, 3.05) is 26.2 Å². The second-order valence-corrected chi connectivity index (χ2v) is 7.16. The van der Waals surface area contributed by atoms with Gasteiger partial charge in [0.1, 0.15) is 5.60 Å². The summed E-state index contributed by atoms with van der Waals surface area (Å²) in [6, 6.07) is 0. The molecule has 1 spiro atoms. The fourth-order valence-electron chi connectivity index (χ4n) is 2.92. The first-order valence-electron chi connectivity index (χ1n) is 8.67. The van der Waals surface area contributed by atoms with Crippen LogP contribution >= 0.6 is 0 Å². The van der Waals surface area contributed by atoms with Gasteiger partial charge in [0.2, 0.25) is 5.79 Å². The van der Waals surface area contributed by atoms with E-state index in [-0.39, 0.29) is 22.7 Å². The molecule has 4 rings (SSSR count). The molecule has 4 nitrogen and oxygen atoms in total. The predicted molar refractivity (Wildman–Crippen MR) is 92.5 cm³/mol. The molecule has 0 aromatic heterocycles. The zero-order valence-corrected chi connectivity index (χ0v) is 16.1. The molecule has 136 valence electrons. The van der Waals surface area contributed by atoms with Crippen molar-refractivity contribution in [3.63, 3.8) is 0 Å². The van der Waals surface area contributed by atoms with Gasteiger partial charge < -0.3 is 9.64 Å². The predicted octanol–water partition coefficient (Wildman–Crippen LogP) is 2.96. The average molecular weight is 385 g/mol. The number of ether oxygens (including phenoxy) is 1. The number of likely N-dealkylation sites (tertiary alicyclic amines) is 1. The summed E-state index contributed by atoms with van der Waals surface area (Å²) < 4.78 is 5.93. The van der Waals surface area contributed by atoms with E-state index in [1.807, 2.05) is 46.0 Å². The van der Waals surface area contributed by atoms with Gasteiger partial charge in [-0.05, 0) is 77.6 Å². The Kier molecular flexibility index (Phi) is 8.71. The van der Waals surface area contributed by atoms with Crippen LogP contribution in [-0.4, -0.2) is 42.5 Å². The molecule has 0 N–H and O–H groups in total. The summed E-state index contributed by atoms with van der Waals surface area (Å²) in [5, 5.41) is 0. The average Bonchev–Trinajstić information content (AvgIpc) is 3.29. The quantitative estimate of drug-likeness (QED) is 0.540. The maximum Gasteiger partial charge on any atom is 2.00 e. The Morgan fingerprint density at radius 3 is 1.92 bits per heavy atom. The first kappa shape index (κ1) is 21.7. The van der Waals surface area contributed by atoms with E-state index >= 15 is 0 Å². The van der Waals surface area contributed by atoms with Crippen LogP contribution in [0.3, 0.4) is 0 Å². The van der Waals surface area contributed by atoms with Gasteiger partial charge in [-0.2, -0.15) is 0 Å². The maximum atomic E-state index is 5.93. The third-order valence-electron chi connectivity index (χ3n) is 4.41. The number of hydrogen-bond donors (Lipinski definition) is 0. The summed E-state index contributed by atoms with van der Waals surface area (Å²) in [5.41, 5.74) is -0.336. The van der Waals surface area contributed by atoms with Crippen molar-refractivity contribution in [2.45, 2.75) is 38.1 Å². The molecule has 0 atom stereocenters. The number of rotatable bonds is 2. The van der Waals surface area contributed by atoms with Crippen molar-refractivity contribution in [3.8, 4) is 0 Å². The molecule has 10 radical (unpaired) electrons. The van der Waals surface area contributed by atoms with Crippen LogP contribution in [0.25, 0.3) is 0 Å². The second kappa shape index (κ2) is 10.1. The van der Waals surface area contributed by atoms with E-state index in [1.165, 1.54) is 5.92 Å². The topological polar surface area (TPSA) is 30.9 Å². The first-order valence-corrected chi connectivity index (χ1v) is 8.67. The molecule has 0 aromatic carbocycles. The largest absolute Gasteiger partial charge is 2.00 e. The zero-order chi connectivity index (χ0) is 16.9. The third-order valence-corrected chi connectivity index (χ3v) is 4.41. The van der Waals surface area contributed by atoms with Gasteiger partial charge in [0, 0.05) is 32.5 Å². The van der Waals surface area contributed by atoms with Crippen LogP contribution in [0.4, 0.5) is 0 Å². The van der Waals surface area contributed by atoms with Crippen molar-refractivity contribution in [3.05, 3.63) is 63.7 Å². The summed E-state index contributed by atoms with van der Waals surface area (Å²) in [7, 11) is 0. The summed E-state index contributed by atoms with van der Waals surface area (Å²) in [6.07, 6.45) is 20.2. The van der Waals surface area contributed by atoms with Gasteiger partial charge in [-0.3, -0.25) is 0 Å². The minimum absolute atomic E-state index is 0. The second-order valence-electron chi connectivity index (χ2n) is 7.16. The molecule has 2 saturated carbocycles. The Bertz CT molecular complexity index is 354. The summed E-state index contributed by atoms with van der Waals surface area (Å²) >= 11 is 0. The fourth-order valence-corrected chi connectivity index (χ4v) is 2.92. The molecule has 5 heteroatoms. The number of nitrogens with zero attached hydrogens (tertiary/aromatic N) is 1. The van der Waals surface area contributed by atoms with E-state index in [9.17, 15) is 0 Å². The molecule has 0 amide bonds. The molecule has 2 heterocycles. The Hall–Kier alpha value is 0.359. The minimum atomic E-state index is -0.516. The SMILES string of the molecule is CC1(C)COC2(CCN(C[C]3[CH][CH][CH][CH]3)CC2)OO1.[CH]1[CH][CH][CH][CH]1.[Fe+2]. The standard InChI is InChI=1S/C15H22NO3.C5H5.Fe/c1-14(2)12-17-15(19-18-14)7-9-16(10-8-15)11-13-5-3-4-6-13;1-2-4-5-3-1;/h3-6H,7-12H2,1-2H3;1-5H;/q;;+2. The molecule has 2 saturated heterocycles.